The first-order valence-corrected chi connectivity index (χ1v) is 10.4. The van der Waals surface area contributed by atoms with Crippen molar-refractivity contribution in [2.24, 2.45) is 0 Å². The van der Waals surface area contributed by atoms with Crippen LogP contribution in [0.3, 0.4) is 0 Å². The van der Waals surface area contributed by atoms with E-state index in [1.165, 1.54) is 0 Å². The van der Waals surface area contributed by atoms with Crippen LogP contribution in [0.2, 0.25) is 0 Å². The van der Waals surface area contributed by atoms with Gasteiger partial charge in [0.1, 0.15) is 0 Å². The number of rotatable bonds is 7. The predicted octanol–water partition coefficient (Wildman–Crippen LogP) is 3.37. The summed E-state index contributed by atoms with van der Waals surface area (Å²) in [5.74, 6) is 1.46. The van der Waals surface area contributed by atoms with Crippen molar-refractivity contribution in [3.63, 3.8) is 0 Å². The van der Waals surface area contributed by atoms with Gasteiger partial charge < -0.3 is 19.7 Å². The first-order valence-electron chi connectivity index (χ1n) is 10.4. The Morgan fingerprint density at radius 2 is 1.73 bits per heavy atom. The molecule has 0 bridgehead atoms. The van der Waals surface area contributed by atoms with Crippen molar-refractivity contribution in [3.05, 3.63) is 59.2 Å². The normalized spacial score (nSPS) is 14.3. The van der Waals surface area contributed by atoms with Gasteiger partial charge in [0.2, 0.25) is 5.91 Å². The lowest BCUT2D eigenvalue weighted by Gasteiger charge is -2.32. The van der Waals surface area contributed by atoms with Gasteiger partial charge in [0, 0.05) is 31.1 Å². The van der Waals surface area contributed by atoms with E-state index in [0.717, 1.165) is 29.5 Å². The van der Waals surface area contributed by atoms with E-state index in [1.54, 1.807) is 14.2 Å². The lowest BCUT2D eigenvalue weighted by atomic mass is 10.0. The fourth-order valence-electron chi connectivity index (χ4n) is 3.80. The molecule has 0 saturated carbocycles. The number of likely N-dealkylation sites (tertiary alicyclic amines) is 1. The Labute approximate surface area is 178 Å². The largest absolute Gasteiger partial charge is 0.493 e. The topological polar surface area (TPSA) is 67.9 Å². The van der Waals surface area contributed by atoms with Crippen LogP contribution in [0.15, 0.2) is 42.5 Å². The fraction of sp³-hybridized carbons (Fsp3) is 0.417. The third kappa shape index (κ3) is 5.32. The summed E-state index contributed by atoms with van der Waals surface area (Å²) in [6.07, 6.45) is 2.61. The minimum Gasteiger partial charge on any atom is -0.493 e. The summed E-state index contributed by atoms with van der Waals surface area (Å²) in [5.41, 5.74) is 2.78. The summed E-state index contributed by atoms with van der Waals surface area (Å²) in [5, 5.41) is 3.12. The van der Waals surface area contributed by atoms with Gasteiger partial charge in [0.05, 0.1) is 14.2 Å². The molecule has 0 radical (unpaired) electrons. The molecule has 1 aliphatic rings. The number of hydrogen-bond acceptors (Lipinski definition) is 4. The quantitative estimate of drug-likeness (QED) is 0.760. The second kappa shape index (κ2) is 10.1. The number of ether oxygens (including phenoxy) is 2. The summed E-state index contributed by atoms with van der Waals surface area (Å²) in [6, 6.07) is 13.5. The minimum absolute atomic E-state index is 0.0356. The number of carbonyl (C=O) groups excluding carboxylic acids is 2. The number of benzene rings is 2. The molecule has 1 N–H and O–H groups in total. The number of methoxy groups -OCH3 is 2. The van der Waals surface area contributed by atoms with Gasteiger partial charge in [-0.3, -0.25) is 9.59 Å². The molecule has 6 heteroatoms. The Morgan fingerprint density at radius 3 is 2.40 bits per heavy atom. The standard InChI is InChI=1S/C24H30N2O4/c1-17-6-4-5-7-20(17)24(28)26-14-12-19(13-15-26)25-23(27)11-9-18-8-10-21(29-2)22(16-18)30-3/h4-8,10,16,19H,9,11-15H2,1-3H3,(H,25,27). The highest BCUT2D eigenvalue weighted by Crippen LogP contribution is 2.28. The maximum absolute atomic E-state index is 12.7. The Balaban J connectivity index is 1.45. The average molecular weight is 411 g/mol. The number of aryl methyl sites for hydroxylation is 2. The maximum atomic E-state index is 12.7. The van der Waals surface area contributed by atoms with E-state index in [-0.39, 0.29) is 17.9 Å². The highest BCUT2D eigenvalue weighted by Gasteiger charge is 2.25. The Morgan fingerprint density at radius 1 is 1.03 bits per heavy atom. The molecule has 2 amide bonds. The predicted molar refractivity (Wildman–Crippen MR) is 116 cm³/mol. The zero-order valence-electron chi connectivity index (χ0n) is 17.9. The van der Waals surface area contributed by atoms with Gasteiger partial charge in [-0.15, -0.1) is 0 Å². The molecule has 1 aliphatic heterocycles. The molecule has 0 atom stereocenters. The van der Waals surface area contributed by atoms with Gasteiger partial charge in [-0.2, -0.15) is 0 Å². The second-order valence-corrected chi connectivity index (χ2v) is 7.64. The molecule has 3 rings (SSSR count). The molecule has 6 nitrogen and oxygen atoms in total. The van der Waals surface area contributed by atoms with Gasteiger partial charge in [-0.25, -0.2) is 0 Å². The molecular weight excluding hydrogens is 380 g/mol. The zero-order chi connectivity index (χ0) is 21.5. The molecule has 0 spiro atoms. The van der Waals surface area contributed by atoms with Crippen molar-refractivity contribution in [3.8, 4) is 11.5 Å². The molecule has 2 aromatic carbocycles. The van der Waals surface area contributed by atoms with E-state index >= 15 is 0 Å². The molecule has 0 unspecified atom stereocenters. The zero-order valence-corrected chi connectivity index (χ0v) is 17.9. The van der Waals surface area contributed by atoms with Crippen molar-refractivity contribution in [2.75, 3.05) is 27.3 Å². The molecule has 160 valence electrons. The monoisotopic (exact) mass is 410 g/mol. The van der Waals surface area contributed by atoms with Crippen LogP contribution in [-0.2, 0) is 11.2 Å². The third-order valence-corrected chi connectivity index (χ3v) is 5.61. The lowest BCUT2D eigenvalue weighted by molar-refractivity contribution is -0.122. The van der Waals surface area contributed by atoms with Crippen LogP contribution in [0.5, 0.6) is 11.5 Å². The van der Waals surface area contributed by atoms with E-state index in [0.29, 0.717) is 37.4 Å². The molecular formula is C24H30N2O4. The summed E-state index contributed by atoms with van der Waals surface area (Å²) in [7, 11) is 3.20. The van der Waals surface area contributed by atoms with Gasteiger partial charge in [0.15, 0.2) is 11.5 Å². The van der Waals surface area contributed by atoms with Crippen LogP contribution < -0.4 is 14.8 Å². The van der Waals surface area contributed by atoms with Crippen molar-refractivity contribution < 1.29 is 19.1 Å². The maximum Gasteiger partial charge on any atom is 0.254 e. The molecule has 1 fully saturated rings. The smallest absolute Gasteiger partial charge is 0.254 e. The van der Waals surface area contributed by atoms with E-state index < -0.39 is 0 Å². The van der Waals surface area contributed by atoms with Crippen LogP contribution in [0, 0.1) is 6.92 Å². The van der Waals surface area contributed by atoms with Gasteiger partial charge in [-0.1, -0.05) is 24.3 Å². The summed E-state index contributed by atoms with van der Waals surface area (Å²) in [6.45, 7) is 3.28. The summed E-state index contributed by atoms with van der Waals surface area (Å²) in [4.78, 5) is 27.0. The van der Waals surface area contributed by atoms with E-state index in [4.69, 9.17) is 9.47 Å². The Hall–Kier alpha value is -3.02. The van der Waals surface area contributed by atoms with Gasteiger partial charge in [0.25, 0.3) is 5.91 Å². The highest BCUT2D eigenvalue weighted by molar-refractivity contribution is 5.95. The van der Waals surface area contributed by atoms with E-state index in [9.17, 15) is 9.59 Å². The first kappa shape index (κ1) is 21.7. The van der Waals surface area contributed by atoms with Crippen LogP contribution in [0.4, 0.5) is 0 Å². The fourth-order valence-corrected chi connectivity index (χ4v) is 3.80. The van der Waals surface area contributed by atoms with E-state index in [2.05, 4.69) is 5.32 Å². The number of piperidine rings is 1. The third-order valence-electron chi connectivity index (χ3n) is 5.61. The molecule has 1 saturated heterocycles. The molecule has 0 aliphatic carbocycles. The Bertz CT molecular complexity index is 889. The number of carbonyl (C=O) groups is 2. The Kier molecular flexibility index (Phi) is 7.33. The summed E-state index contributed by atoms with van der Waals surface area (Å²) < 4.78 is 10.6. The van der Waals surface area contributed by atoms with Crippen LogP contribution >= 0.6 is 0 Å². The summed E-state index contributed by atoms with van der Waals surface area (Å²) >= 11 is 0. The number of nitrogens with one attached hydrogen (secondary N) is 1. The second-order valence-electron chi connectivity index (χ2n) is 7.64. The van der Waals surface area contributed by atoms with Crippen molar-refractivity contribution in [2.45, 2.75) is 38.6 Å². The van der Waals surface area contributed by atoms with Crippen molar-refractivity contribution in [1.29, 1.82) is 0 Å². The molecule has 2 aromatic rings. The van der Waals surface area contributed by atoms with Gasteiger partial charge in [-0.05, 0) is 55.5 Å². The number of nitrogens with zero attached hydrogens (tertiary/aromatic N) is 1. The van der Waals surface area contributed by atoms with Crippen molar-refractivity contribution in [1.82, 2.24) is 10.2 Å². The average Bonchev–Trinajstić information content (AvgIpc) is 2.78. The van der Waals surface area contributed by atoms with Gasteiger partial charge >= 0.3 is 0 Å². The minimum atomic E-state index is 0.0356. The SMILES string of the molecule is COc1ccc(CCC(=O)NC2CCN(C(=O)c3ccccc3C)CC2)cc1OC. The van der Waals surface area contributed by atoms with Crippen LogP contribution in [0.25, 0.3) is 0 Å². The number of amides is 2. The van der Waals surface area contributed by atoms with Crippen molar-refractivity contribution >= 4 is 11.8 Å². The highest BCUT2D eigenvalue weighted by atomic mass is 16.5. The first-order chi connectivity index (χ1) is 14.5. The molecule has 1 heterocycles. The van der Waals surface area contributed by atoms with E-state index in [1.807, 2.05) is 54.3 Å². The molecule has 30 heavy (non-hydrogen) atoms. The lowest BCUT2D eigenvalue weighted by Crippen LogP contribution is -2.46. The van der Waals surface area contributed by atoms with Crippen LogP contribution in [-0.4, -0.2) is 50.1 Å². The van der Waals surface area contributed by atoms with Crippen LogP contribution in [0.1, 0.15) is 40.7 Å². The number of hydrogen-bond donors (Lipinski definition) is 1. The molecule has 0 aromatic heterocycles.